The number of benzene rings is 4. The van der Waals surface area contributed by atoms with Crippen LogP contribution in [0.5, 0.6) is 0 Å². The fourth-order valence-electron chi connectivity index (χ4n) is 8.88. The van der Waals surface area contributed by atoms with Crippen LogP contribution in [0.1, 0.15) is 126 Å². The van der Waals surface area contributed by atoms with Crippen LogP contribution < -0.4 is 0 Å². The third-order valence-corrected chi connectivity index (χ3v) is 12.4. The number of hydrogen-bond donors (Lipinski definition) is 0. The van der Waals surface area contributed by atoms with E-state index in [9.17, 15) is 0 Å². The summed E-state index contributed by atoms with van der Waals surface area (Å²) < 4.78 is 0. The van der Waals surface area contributed by atoms with Gasteiger partial charge in [-0.3, -0.25) is 0 Å². The Morgan fingerprint density at radius 2 is 0.929 bits per heavy atom. The van der Waals surface area contributed by atoms with E-state index in [1.165, 1.54) is 143 Å². The minimum atomic E-state index is -0.826. The normalized spacial score (nSPS) is 15.3. The van der Waals surface area contributed by atoms with Crippen molar-refractivity contribution >= 4 is 48.1 Å². The van der Waals surface area contributed by atoms with E-state index in [0.717, 1.165) is 21.4 Å². The number of hydrogen-bond acceptors (Lipinski definition) is 0. The third-order valence-electron chi connectivity index (χ3n) is 12.4. The van der Waals surface area contributed by atoms with Gasteiger partial charge in [-0.15, -0.1) is 69.1 Å². The first-order valence-electron chi connectivity index (χ1n) is 21.4. The van der Waals surface area contributed by atoms with Gasteiger partial charge in [0.2, 0.25) is 0 Å². The second kappa shape index (κ2) is 23.4. The van der Waals surface area contributed by atoms with Crippen molar-refractivity contribution in [1.82, 2.24) is 0 Å². The molecule has 294 valence electrons. The summed E-state index contributed by atoms with van der Waals surface area (Å²) in [5.41, 5.74) is 11.4. The van der Waals surface area contributed by atoms with Crippen LogP contribution in [0.25, 0.3) is 43.8 Å². The molecule has 4 heteroatoms. The minimum absolute atomic E-state index is 0.641. The summed E-state index contributed by atoms with van der Waals surface area (Å²) in [7, 11) is 11.0. The molecule has 2 saturated carbocycles. The van der Waals surface area contributed by atoms with Crippen molar-refractivity contribution in [3.63, 3.8) is 0 Å². The first-order chi connectivity index (χ1) is 27.3. The summed E-state index contributed by atoms with van der Waals surface area (Å²) in [4.78, 5) is 0. The van der Waals surface area contributed by atoms with Crippen molar-refractivity contribution in [2.45, 2.75) is 130 Å². The van der Waals surface area contributed by atoms with Gasteiger partial charge in [0.1, 0.15) is 0 Å². The Bertz CT molecular complexity index is 1860. The molecule has 0 amide bonds. The average molecular weight is 879 g/mol. The van der Waals surface area contributed by atoms with Gasteiger partial charge in [0.25, 0.3) is 0 Å². The summed E-state index contributed by atoms with van der Waals surface area (Å²) in [6.07, 6.45) is 16.3. The SMILES string of the molecule is CCC(C)c1ccc(-c2cccc3[cH-]c(CC4CCCC4)cc23)cc1.CCC(C)c1ccc(-c2cccc3[cH-]c(CC4CCCC4)cc23)cc1.C[Si]C.[Cl][Zr+2][Cl]. The van der Waals surface area contributed by atoms with Gasteiger partial charge in [-0.05, 0) is 71.6 Å². The predicted molar refractivity (Wildman–Crippen MR) is 248 cm³/mol. The first-order valence-corrected chi connectivity index (χ1v) is 29.8. The Balaban J connectivity index is 0.000000188. The van der Waals surface area contributed by atoms with Gasteiger partial charge < -0.3 is 0 Å². The van der Waals surface area contributed by atoms with Crippen LogP contribution in [0.15, 0.2) is 109 Å². The van der Waals surface area contributed by atoms with E-state index < -0.39 is 20.8 Å². The van der Waals surface area contributed by atoms with E-state index in [1.54, 1.807) is 0 Å². The molecule has 6 aromatic rings. The number of halogens is 2. The van der Waals surface area contributed by atoms with Crippen LogP contribution in [-0.4, -0.2) is 9.52 Å². The fourth-order valence-corrected chi connectivity index (χ4v) is 8.88. The quantitative estimate of drug-likeness (QED) is 0.0950. The summed E-state index contributed by atoms with van der Waals surface area (Å²) in [6.45, 7) is 13.4. The summed E-state index contributed by atoms with van der Waals surface area (Å²) in [5, 5.41) is 5.64. The molecule has 0 saturated heterocycles. The van der Waals surface area contributed by atoms with Gasteiger partial charge >= 0.3 is 37.9 Å². The summed E-state index contributed by atoms with van der Waals surface area (Å²) in [6, 6.07) is 41.7. The Kier molecular flexibility index (Phi) is 18.7. The second-order valence-electron chi connectivity index (χ2n) is 16.5. The van der Waals surface area contributed by atoms with Crippen molar-refractivity contribution < 1.29 is 20.8 Å². The standard InChI is InChI=1S/2C25H29.C2H6Si.2ClH.Zr/c2*1-3-18(2)21-11-13-22(14-12-21)24-10-6-9-23-16-20(17-25(23)24)15-19-7-4-5-8-19;1-3-2;;;/h2*6,9-14,16-19H,3-5,7-8,15H2,1-2H3;1-2H3;2*1H;/q2*-1;;;;+4/p-2. The van der Waals surface area contributed by atoms with Crippen LogP contribution in [0.2, 0.25) is 13.1 Å². The average Bonchev–Trinajstić information content (AvgIpc) is 4.07. The second-order valence-corrected chi connectivity index (χ2v) is 21.2. The van der Waals surface area contributed by atoms with Crippen molar-refractivity contribution in [3.8, 4) is 22.3 Å². The van der Waals surface area contributed by atoms with Gasteiger partial charge in [-0.1, -0.05) is 164 Å². The molecule has 8 rings (SSSR count). The van der Waals surface area contributed by atoms with E-state index >= 15 is 0 Å². The maximum absolute atomic E-state index is 4.93. The Labute approximate surface area is 361 Å². The van der Waals surface area contributed by atoms with Crippen LogP contribution in [0.3, 0.4) is 0 Å². The molecule has 2 aliphatic carbocycles. The van der Waals surface area contributed by atoms with E-state index in [1.807, 2.05) is 0 Å². The van der Waals surface area contributed by atoms with Gasteiger partial charge in [-0.25, -0.2) is 0 Å². The Hall–Kier alpha value is -2.22. The van der Waals surface area contributed by atoms with Crippen molar-refractivity contribution in [2.24, 2.45) is 11.8 Å². The molecule has 6 aromatic carbocycles. The zero-order valence-corrected chi connectivity index (χ0v) is 39.9. The molecular formula is C52H64Cl2SiZr. The fraction of sp³-hybridized carbons (Fsp3) is 0.423. The molecule has 0 bridgehead atoms. The van der Waals surface area contributed by atoms with Crippen molar-refractivity contribution in [2.75, 3.05) is 0 Å². The molecule has 2 fully saturated rings. The molecular weight excluding hydrogens is 815 g/mol. The Morgan fingerprint density at radius 3 is 1.25 bits per heavy atom. The maximum atomic E-state index is 4.93. The molecule has 0 aliphatic heterocycles. The van der Waals surface area contributed by atoms with E-state index in [0.29, 0.717) is 11.8 Å². The van der Waals surface area contributed by atoms with Crippen LogP contribution in [-0.2, 0) is 33.7 Å². The molecule has 0 N–H and O–H groups in total. The van der Waals surface area contributed by atoms with Crippen LogP contribution >= 0.6 is 17.0 Å². The van der Waals surface area contributed by atoms with Crippen LogP contribution in [0, 0.1) is 11.8 Å². The summed E-state index contributed by atoms with van der Waals surface area (Å²) >= 11 is -0.826. The third kappa shape index (κ3) is 12.4. The molecule has 2 atom stereocenters. The van der Waals surface area contributed by atoms with E-state index in [-0.39, 0.29) is 0 Å². The van der Waals surface area contributed by atoms with Crippen molar-refractivity contribution in [3.05, 3.63) is 131 Å². The molecule has 2 unspecified atom stereocenters. The van der Waals surface area contributed by atoms with Gasteiger partial charge in [0.05, 0.1) is 0 Å². The molecule has 0 spiro atoms. The topological polar surface area (TPSA) is 0 Å². The molecule has 0 nitrogen and oxygen atoms in total. The number of rotatable bonds is 10. The Morgan fingerprint density at radius 1 is 0.589 bits per heavy atom. The molecule has 56 heavy (non-hydrogen) atoms. The van der Waals surface area contributed by atoms with E-state index in [2.05, 4.69) is 150 Å². The van der Waals surface area contributed by atoms with Gasteiger partial charge in [-0.2, -0.15) is 12.1 Å². The molecule has 0 heterocycles. The molecule has 2 aliphatic rings. The zero-order valence-electron chi connectivity index (χ0n) is 34.9. The summed E-state index contributed by atoms with van der Waals surface area (Å²) in [5.74, 6) is 3.11. The molecule has 0 aromatic heterocycles. The zero-order chi connectivity index (χ0) is 39.9. The monoisotopic (exact) mass is 876 g/mol. The van der Waals surface area contributed by atoms with E-state index in [4.69, 9.17) is 17.0 Å². The first kappa shape index (κ1) is 44.9. The van der Waals surface area contributed by atoms with Crippen LogP contribution in [0.4, 0.5) is 0 Å². The van der Waals surface area contributed by atoms with Crippen molar-refractivity contribution in [1.29, 1.82) is 0 Å². The van der Waals surface area contributed by atoms with Gasteiger partial charge in [0, 0.05) is 9.52 Å². The molecule has 2 radical (unpaired) electrons. The van der Waals surface area contributed by atoms with Gasteiger partial charge in [0.15, 0.2) is 0 Å². The predicted octanol–water partition coefficient (Wildman–Crippen LogP) is 17.1. The number of fused-ring (bicyclic) bond motifs is 2.